The van der Waals surface area contributed by atoms with E-state index >= 15 is 0 Å². The van der Waals surface area contributed by atoms with E-state index in [1.807, 2.05) is 12.1 Å². The Bertz CT molecular complexity index is 1250. The van der Waals surface area contributed by atoms with Gasteiger partial charge in [0.25, 0.3) is 5.91 Å². The molecule has 0 bridgehead atoms. The Balaban J connectivity index is 1.54. The molecule has 1 heterocycles. The average molecular weight is 434 g/mol. The van der Waals surface area contributed by atoms with Crippen molar-refractivity contribution in [2.24, 2.45) is 0 Å². The fraction of sp³-hybridized carbons (Fsp3) is 0.0952. The number of amides is 1. The number of hydrogen-bond donors (Lipinski definition) is 5. The highest BCUT2D eigenvalue weighted by molar-refractivity contribution is 6.58. The van der Waals surface area contributed by atoms with Gasteiger partial charge in [-0.25, -0.2) is 9.47 Å². The standard InChI is InChI=1S/C21H20BN5O5/c1-31-25-18-10-9-17(19-20(18)27-32-26-19)24-16-8-3-2-7-15(16)21(28)23-12-13-5-4-6-14(11-13)22(29)30/h2-11,24-25,29-30H,12H2,1H3,(H,23,28)/p+1. The summed E-state index contributed by atoms with van der Waals surface area (Å²) in [6.45, 7) is 0.229. The second kappa shape index (κ2) is 9.58. The van der Waals surface area contributed by atoms with E-state index in [1.165, 1.54) is 0 Å². The molecule has 3 aromatic carbocycles. The monoisotopic (exact) mass is 434 g/mol. The van der Waals surface area contributed by atoms with E-state index in [1.54, 1.807) is 61.1 Å². The SMILES string of the molecule is CO[NH2+]c1ccc(Nc2ccccc2C(=O)NCc2cccc(B(O)O)c2)c2nonc12. The first-order chi connectivity index (χ1) is 15.6. The smallest absolute Gasteiger partial charge is 0.423 e. The average Bonchev–Trinajstić information content (AvgIpc) is 3.30. The van der Waals surface area contributed by atoms with Gasteiger partial charge in [-0.1, -0.05) is 36.4 Å². The number of rotatable bonds is 8. The molecule has 0 unspecified atom stereocenters. The van der Waals surface area contributed by atoms with Gasteiger partial charge in [0, 0.05) is 12.6 Å². The lowest BCUT2D eigenvalue weighted by Crippen LogP contribution is -2.76. The van der Waals surface area contributed by atoms with Crippen LogP contribution in [0.25, 0.3) is 11.0 Å². The molecule has 0 aliphatic heterocycles. The Morgan fingerprint density at radius 3 is 2.69 bits per heavy atom. The van der Waals surface area contributed by atoms with Gasteiger partial charge in [0.1, 0.15) is 0 Å². The number of para-hydroxylation sites is 1. The molecule has 32 heavy (non-hydrogen) atoms. The third-order valence-electron chi connectivity index (χ3n) is 4.83. The molecule has 0 saturated carbocycles. The zero-order chi connectivity index (χ0) is 22.5. The normalized spacial score (nSPS) is 10.8. The van der Waals surface area contributed by atoms with Crippen molar-refractivity contribution in [1.29, 1.82) is 0 Å². The fourth-order valence-corrected chi connectivity index (χ4v) is 3.29. The lowest BCUT2D eigenvalue weighted by atomic mass is 9.79. The number of nitrogens with two attached hydrogens (primary N) is 1. The Morgan fingerprint density at radius 1 is 1.06 bits per heavy atom. The Morgan fingerprint density at radius 2 is 1.88 bits per heavy atom. The summed E-state index contributed by atoms with van der Waals surface area (Å²) >= 11 is 0. The highest BCUT2D eigenvalue weighted by Gasteiger charge is 2.18. The van der Waals surface area contributed by atoms with Crippen LogP contribution in [0.5, 0.6) is 0 Å². The van der Waals surface area contributed by atoms with Crippen molar-refractivity contribution in [2.45, 2.75) is 6.54 Å². The summed E-state index contributed by atoms with van der Waals surface area (Å²) in [4.78, 5) is 17.9. The zero-order valence-corrected chi connectivity index (χ0v) is 17.1. The summed E-state index contributed by atoms with van der Waals surface area (Å²) in [5.41, 5.74) is 6.04. The van der Waals surface area contributed by atoms with Gasteiger partial charge in [-0.2, -0.15) is 5.48 Å². The topological polar surface area (TPSA) is 146 Å². The molecule has 0 radical (unpaired) electrons. The van der Waals surface area contributed by atoms with Crippen LogP contribution in [0.3, 0.4) is 0 Å². The molecule has 0 spiro atoms. The van der Waals surface area contributed by atoms with Crippen molar-refractivity contribution in [1.82, 2.24) is 15.6 Å². The Kier molecular flexibility index (Phi) is 6.43. The second-order valence-corrected chi connectivity index (χ2v) is 6.99. The minimum atomic E-state index is -1.56. The van der Waals surface area contributed by atoms with Gasteiger partial charge in [-0.15, -0.1) is 0 Å². The van der Waals surface area contributed by atoms with Gasteiger partial charge < -0.3 is 20.7 Å². The van der Waals surface area contributed by atoms with E-state index in [-0.39, 0.29) is 12.5 Å². The van der Waals surface area contributed by atoms with Crippen LogP contribution in [0.15, 0.2) is 65.3 Å². The maximum Gasteiger partial charge on any atom is 0.488 e. The molecule has 162 valence electrons. The van der Waals surface area contributed by atoms with Crippen molar-refractivity contribution >= 4 is 46.6 Å². The summed E-state index contributed by atoms with van der Waals surface area (Å²) in [7, 11) is -0.0194. The van der Waals surface area contributed by atoms with Crippen LogP contribution < -0.4 is 21.6 Å². The van der Waals surface area contributed by atoms with Crippen LogP contribution in [0.1, 0.15) is 15.9 Å². The lowest BCUT2D eigenvalue weighted by molar-refractivity contribution is -0.829. The molecular formula is C21H21BN5O5+. The number of nitrogens with one attached hydrogen (secondary N) is 2. The van der Waals surface area contributed by atoms with Gasteiger partial charge in [0.2, 0.25) is 5.52 Å². The first-order valence-corrected chi connectivity index (χ1v) is 9.77. The number of carbonyl (C=O) groups is 1. The van der Waals surface area contributed by atoms with E-state index in [2.05, 4.69) is 20.9 Å². The summed E-state index contributed by atoms with van der Waals surface area (Å²) in [6, 6.07) is 17.4. The fourth-order valence-electron chi connectivity index (χ4n) is 3.29. The van der Waals surface area contributed by atoms with E-state index in [0.29, 0.717) is 33.4 Å². The molecule has 4 aromatic rings. The zero-order valence-electron chi connectivity index (χ0n) is 17.1. The minimum Gasteiger partial charge on any atom is -0.423 e. The quantitative estimate of drug-likeness (QED) is 0.152. The molecule has 4 rings (SSSR count). The van der Waals surface area contributed by atoms with Gasteiger partial charge in [-0.05, 0) is 39.5 Å². The predicted octanol–water partition coefficient (Wildman–Crippen LogP) is 0.332. The maximum atomic E-state index is 12.9. The number of carbonyl (C=O) groups excluding carboxylic acids is 1. The molecule has 10 nitrogen and oxygen atoms in total. The van der Waals surface area contributed by atoms with Crippen LogP contribution in [0.4, 0.5) is 17.1 Å². The third-order valence-corrected chi connectivity index (χ3v) is 4.83. The lowest BCUT2D eigenvalue weighted by Gasteiger charge is -2.13. The highest BCUT2D eigenvalue weighted by atomic mass is 16.6. The maximum absolute atomic E-state index is 12.9. The Hall–Kier alpha value is -3.77. The van der Waals surface area contributed by atoms with Crippen molar-refractivity contribution < 1.29 is 29.8 Å². The van der Waals surface area contributed by atoms with Gasteiger partial charge in [0.05, 0.1) is 24.0 Å². The largest absolute Gasteiger partial charge is 0.488 e. The molecule has 0 aliphatic carbocycles. The van der Waals surface area contributed by atoms with Gasteiger partial charge in [0.15, 0.2) is 11.2 Å². The van der Waals surface area contributed by atoms with Crippen LogP contribution in [0.2, 0.25) is 0 Å². The van der Waals surface area contributed by atoms with Crippen LogP contribution in [0, 0.1) is 0 Å². The first kappa shape index (κ1) is 21.5. The van der Waals surface area contributed by atoms with Crippen LogP contribution in [-0.4, -0.2) is 40.5 Å². The second-order valence-electron chi connectivity index (χ2n) is 6.99. The first-order valence-electron chi connectivity index (χ1n) is 9.77. The molecule has 11 heteroatoms. The molecule has 0 saturated heterocycles. The summed E-state index contributed by atoms with van der Waals surface area (Å²) in [5, 5.41) is 32.6. The van der Waals surface area contributed by atoms with Crippen LogP contribution >= 0.6 is 0 Å². The summed E-state index contributed by atoms with van der Waals surface area (Å²) < 4.78 is 4.89. The van der Waals surface area contributed by atoms with E-state index in [4.69, 9.17) is 9.47 Å². The molecular weight excluding hydrogens is 413 g/mol. The summed E-state index contributed by atoms with van der Waals surface area (Å²) in [6.07, 6.45) is 0. The number of fused-ring (bicyclic) bond motifs is 1. The number of hydrogen-bond acceptors (Lipinski definition) is 8. The number of nitrogens with zero attached hydrogens (tertiary/aromatic N) is 2. The molecule has 0 atom stereocenters. The minimum absolute atomic E-state index is 0.229. The van der Waals surface area contributed by atoms with Gasteiger partial charge in [-0.3, -0.25) is 4.79 Å². The Labute approximate surface area is 183 Å². The van der Waals surface area contributed by atoms with E-state index < -0.39 is 7.12 Å². The van der Waals surface area contributed by atoms with Crippen molar-refractivity contribution in [3.05, 3.63) is 71.8 Å². The van der Waals surface area contributed by atoms with E-state index in [9.17, 15) is 14.8 Å². The van der Waals surface area contributed by atoms with Crippen molar-refractivity contribution in [3.8, 4) is 0 Å². The predicted molar refractivity (Wildman–Crippen MR) is 118 cm³/mol. The van der Waals surface area contributed by atoms with E-state index in [0.717, 1.165) is 11.3 Å². The number of aromatic nitrogens is 2. The number of anilines is 2. The van der Waals surface area contributed by atoms with Crippen molar-refractivity contribution in [3.63, 3.8) is 0 Å². The summed E-state index contributed by atoms with van der Waals surface area (Å²) in [5.74, 6) is -0.290. The molecule has 0 fully saturated rings. The van der Waals surface area contributed by atoms with Crippen molar-refractivity contribution in [2.75, 3.05) is 12.4 Å². The number of quaternary nitrogens is 1. The molecule has 0 aliphatic rings. The van der Waals surface area contributed by atoms with Gasteiger partial charge >= 0.3 is 7.12 Å². The highest BCUT2D eigenvalue weighted by Crippen LogP contribution is 2.29. The number of benzene rings is 3. The molecule has 1 aromatic heterocycles. The molecule has 1 amide bonds. The van der Waals surface area contributed by atoms with Crippen LogP contribution in [-0.2, 0) is 11.4 Å². The third kappa shape index (κ3) is 4.60. The molecule has 6 N–H and O–H groups in total.